The molecule has 100 valence electrons. The summed E-state index contributed by atoms with van der Waals surface area (Å²) in [6.07, 6.45) is 5.63. The normalized spacial score (nSPS) is 17.6. The molecule has 0 bridgehead atoms. The van der Waals surface area contributed by atoms with Crippen LogP contribution in [0, 0.1) is 0 Å². The molecule has 17 heavy (non-hydrogen) atoms. The van der Waals surface area contributed by atoms with Crippen molar-refractivity contribution in [3.05, 3.63) is 0 Å². The minimum absolute atomic E-state index is 0.161. The Balaban J connectivity index is 2.45. The summed E-state index contributed by atoms with van der Waals surface area (Å²) in [5.74, 6) is 0.224. The maximum Gasteiger partial charge on any atom is 0.225 e. The molecule has 2 N–H and O–H groups in total. The van der Waals surface area contributed by atoms with Crippen LogP contribution in [0.2, 0.25) is 0 Å². The van der Waals surface area contributed by atoms with Crippen LogP contribution >= 0.6 is 0 Å². The lowest BCUT2D eigenvalue weighted by Gasteiger charge is -2.41. The van der Waals surface area contributed by atoms with Crippen LogP contribution in [0.1, 0.15) is 45.4 Å². The van der Waals surface area contributed by atoms with Gasteiger partial charge in [-0.1, -0.05) is 6.92 Å². The van der Waals surface area contributed by atoms with E-state index in [0.29, 0.717) is 13.0 Å². The highest BCUT2D eigenvalue weighted by Crippen LogP contribution is 2.38. The van der Waals surface area contributed by atoms with Gasteiger partial charge in [0.15, 0.2) is 0 Å². The van der Waals surface area contributed by atoms with Crippen LogP contribution in [0.4, 0.5) is 0 Å². The summed E-state index contributed by atoms with van der Waals surface area (Å²) in [5.41, 5.74) is 5.34. The van der Waals surface area contributed by atoms with E-state index in [1.807, 2.05) is 4.90 Å². The van der Waals surface area contributed by atoms with Gasteiger partial charge in [0.05, 0.1) is 12.0 Å². The SMILES string of the molecule is CCCN(CCCN)C(=O)CC1(OC)CCC1. The van der Waals surface area contributed by atoms with Crippen molar-refractivity contribution in [3.63, 3.8) is 0 Å². The molecule has 0 unspecified atom stereocenters. The Morgan fingerprint density at radius 2 is 2.12 bits per heavy atom. The highest BCUT2D eigenvalue weighted by atomic mass is 16.5. The molecule has 1 fully saturated rings. The molecular weight excluding hydrogens is 216 g/mol. The average Bonchev–Trinajstić information content (AvgIpc) is 2.29. The second kappa shape index (κ2) is 6.97. The number of methoxy groups -OCH3 is 1. The molecule has 1 amide bonds. The first kappa shape index (κ1) is 14.5. The molecule has 1 rings (SSSR count). The van der Waals surface area contributed by atoms with Crippen LogP contribution in [0.15, 0.2) is 0 Å². The maximum absolute atomic E-state index is 12.2. The molecule has 0 saturated heterocycles. The van der Waals surface area contributed by atoms with Gasteiger partial charge in [0.25, 0.3) is 0 Å². The van der Waals surface area contributed by atoms with Gasteiger partial charge in [0, 0.05) is 20.2 Å². The van der Waals surface area contributed by atoms with E-state index < -0.39 is 0 Å². The van der Waals surface area contributed by atoms with E-state index in [0.717, 1.165) is 38.8 Å². The molecule has 0 aromatic carbocycles. The van der Waals surface area contributed by atoms with Gasteiger partial charge in [-0.3, -0.25) is 4.79 Å². The predicted molar refractivity (Wildman–Crippen MR) is 68.8 cm³/mol. The third kappa shape index (κ3) is 3.96. The molecule has 0 heterocycles. The third-order valence-corrected chi connectivity index (χ3v) is 3.65. The lowest BCUT2D eigenvalue weighted by atomic mass is 9.77. The van der Waals surface area contributed by atoms with Gasteiger partial charge in [-0.2, -0.15) is 0 Å². The Bertz CT molecular complexity index is 234. The largest absolute Gasteiger partial charge is 0.378 e. The van der Waals surface area contributed by atoms with Crippen LogP contribution in [0.5, 0.6) is 0 Å². The molecule has 0 atom stereocenters. The smallest absolute Gasteiger partial charge is 0.225 e. The minimum atomic E-state index is -0.161. The quantitative estimate of drug-likeness (QED) is 0.702. The zero-order valence-corrected chi connectivity index (χ0v) is 11.2. The second-order valence-electron chi connectivity index (χ2n) is 4.94. The highest BCUT2D eigenvalue weighted by molar-refractivity contribution is 5.77. The van der Waals surface area contributed by atoms with Crippen LogP contribution in [0.25, 0.3) is 0 Å². The molecular formula is C13H26N2O2. The standard InChI is InChI=1S/C13H26N2O2/c1-3-9-15(10-5-8-14)12(16)11-13(17-2)6-4-7-13/h3-11,14H2,1-2H3. The van der Waals surface area contributed by atoms with Crippen molar-refractivity contribution in [2.75, 3.05) is 26.7 Å². The van der Waals surface area contributed by atoms with Gasteiger partial charge in [0.1, 0.15) is 0 Å². The molecule has 0 radical (unpaired) electrons. The molecule has 1 aliphatic carbocycles. The van der Waals surface area contributed by atoms with E-state index in [2.05, 4.69) is 6.92 Å². The van der Waals surface area contributed by atoms with Gasteiger partial charge in [-0.05, 0) is 38.6 Å². The van der Waals surface area contributed by atoms with E-state index in [-0.39, 0.29) is 11.5 Å². The van der Waals surface area contributed by atoms with Gasteiger partial charge in [-0.15, -0.1) is 0 Å². The lowest BCUT2D eigenvalue weighted by molar-refractivity contribution is -0.144. The van der Waals surface area contributed by atoms with Crippen LogP contribution in [-0.4, -0.2) is 43.2 Å². The van der Waals surface area contributed by atoms with Crippen LogP contribution in [0.3, 0.4) is 0 Å². The fourth-order valence-electron chi connectivity index (χ4n) is 2.32. The first-order chi connectivity index (χ1) is 8.17. The van der Waals surface area contributed by atoms with Crippen molar-refractivity contribution >= 4 is 5.91 Å². The van der Waals surface area contributed by atoms with Crippen molar-refractivity contribution in [3.8, 4) is 0 Å². The monoisotopic (exact) mass is 242 g/mol. The third-order valence-electron chi connectivity index (χ3n) is 3.65. The number of ether oxygens (including phenoxy) is 1. The maximum atomic E-state index is 12.2. The second-order valence-corrected chi connectivity index (χ2v) is 4.94. The van der Waals surface area contributed by atoms with Crippen molar-refractivity contribution in [1.29, 1.82) is 0 Å². The first-order valence-corrected chi connectivity index (χ1v) is 6.70. The predicted octanol–water partition coefficient (Wildman–Crippen LogP) is 1.53. The Morgan fingerprint density at radius 1 is 1.41 bits per heavy atom. The van der Waals surface area contributed by atoms with Crippen molar-refractivity contribution in [2.24, 2.45) is 5.73 Å². The number of hydrogen-bond donors (Lipinski definition) is 1. The minimum Gasteiger partial charge on any atom is -0.378 e. The van der Waals surface area contributed by atoms with Crippen molar-refractivity contribution in [2.45, 2.75) is 51.0 Å². The first-order valence-electron chi connectivity index (χ1n) is 6.70. The van der Waals surface area contributed by atoms with Gasteiger partial charge in [-0.25, -0.2) is 0 Å². The molecule has 4 nitrogen and oxygen atoms in total. The van der Waals surface area contributed by atoms with Gasteiger partial charge >= 0.3 is 0 Å². The molecule has 0 spiro atoms. The van der Waals surface area contributed by atoms with Gasteiger partial charge in [0.2, 0.25) is 5.91 Å². The topological polar surface area (TPSA) is 55.6 Å². The molecule has 0 aromatic rings. The van der Waals surface area contributed by atoms with Crippen molar-refractivity contribution in [1.82, 2.24) is 4.90 Å². The Morgan fingerprint density at radius 3 is 2.53 bits per heavy atom. The Labute approximate surface area is 104 Å². The Kier molecular flexibility index (Phi) is 5.92. The summed E-state index contributed by atoms with van der Waals surface area (Å²) in [7, 11) is 1.72. The number of nitrogens with two attached hydrogens (primary N) is 1. The summed E-state index contributed by atoms with van der Waals surface area (Å²) in [4.78, 5) is 14.1. The lowest BCUT2D eigenvalue weighted by Crippen LogP contribution is -2.45. The average molecular weight is 242 g/mol. The number of nitrogens with zero attached hydrogens (tertiary/aromatic N) is 1. The number of rotatable bonds is 8. The number of carbonyl (C=O) groups is 1. The molecule has 1 aliphatic rings. The van der Waals surface area contributed by atoms with E-state index in [1.54, 1.807) is 7.11 Å². The fourth-order valence-corrected chi connectivity index (χ4v) is 2.32. The van der Waals surface area contributed by atoms with Crippen LogP contribution < -0.4 is 5.73 Å². The van der Waals surface area contributed by atoms with Crippen molar-refractivity contribution < 1.29 is 9.53 Å². The highest BCUT2D eigenvalue weighted by Gasteiger charge is 2.39. The molecule has 0 aliphatic heterocycles. The van der Waals surface area contributed by atoms with Crippen LogP contribution in [-0.2, 0) is 9.53 Å². The molecule has 0 aromatic heterocycles. The summed E-state index contributed by atoms with van der Waals surface area (Å²) < 4.78 is 5.51. The molecule has 1 saturated carbocycles. The van der Waals surface area contributed by atoms with E-state index in [4.69, 9.17) is 10.5 Å². The molecule has 4 heteroatoms. The zero-order valence-electron chi connectivity index (χ0n) is 11.2. The Hall–Kier alpha value is -0.610. The number of carbonyl (C=O) groups excluding carboxylic acids is 1. The summed E-state index contributed by atoms with van der Waals surface area (Å²) in [6.45, 7) is 4.35. The number of amides is 1. The summed E-state index contributed by atoms with van der Waals surface area (Å²) >= 11 is 0. The van der Waals surface area contributed by atoms with E-state index in [9.17, 15) is 4.79 Å². The van der Waals surface area contributed by atoms with Gasteiger partial charge < -0.3 is 15.4 Å². The fraction of sp³-hybridized carbons (Fsp3) is 0.923. The zero-order chi connectivity index (χ0) is 12.7. The number of hydrogen-bond acceptors (Lipinski definition) is 3. The summed E-state index contributed by atoms with van der Waals surface area (Å²) in [6, 6.07) is 0. The summed E-state index contributed by atoms with van der Waals surface area (Å²) in [5, 5.41) is 0. The van der Waals surface area contributed by atoms with E-state index in [1.165, 1.54) is 6.42 Å². The van der Waals surface area contributed by atoms with E-state index >= 15 is 0 Å².